The number of nitrogens with zero attached hydrogens (tertiary/aromatic N) is 2. The molecule has 3 aromatic rings. The summed E-state index contributed by atoms with van der Waals surface area (Å²) in [5.41, 5.74) is 7.11. The molecule has 186 valence electrons. The Kier molecular flexibility index (Phi) is 5.81. The molecule has 11 heteroatoms. The van der Waals surface area contributed by atoms with Crippen LogP contribution in [0.4, 0.5) is 11.4 Å². The predicted molar refractivity (Wildman–Crippen MR) is 136 cm³/mol. The zero-order valence-electron chi connectivity index (χ0n) is 19.2. The Balaban J connectivity index is 1.34. The van der Waals surface area contributed by atoms with Gasteiger partial charge in [-0.2, -0.15) is 0 Å². The monoisotopic (exact) mass is 517 g/mol. The average molecular weight is 518 g/mol. The van der Waals surface area contributed by atoms with Crippen LogP contribution in [-0.4, -0.2) is 37.2 Å². The molecule has 1 saturated heterocycles. The van der Waals surface area contributed by atoms with Crippen molar-refractivity contribution in [2.75, 3.05) is 25.1 Å². The van der Waals surface area contributed by atoms with Gasteiger partial charge in [0.2, 0.25) is 13.6 Å². The Labute approximate surface area is 215 Å². The molecule has 10 nitrogen and oxygen atoms in total. The number of carbonyl (C=O) groups is 2. The number of amides is 2. The van der Waals surface area contributed by atoms with Crippen molar-refractivity contribution >= 4 is 46.2 Å². The number of aliphatic imine (C=N–C) groups is 1. The molecule has 0 bridgehead atoms. The topological polar surface area (TPSA) is 122 Å². The molecule has 0 atom stereocenters. The molecule has 0 spiro atoms. The number of rotatable bonds is 6. The van der Waals surface area contributed by atoms with E-state index in [-0.39, 0.29) is 26.1 Å². The largest absolute Gasteiger partial charge is 0.484 e. The Morgan fingerprint density at radius 3 is 2.35 bits per heavy atom. The number of ether oxygens (including phenoxy) is 5. The lowest BCUT2D eigenvalue weighted by atomic mass is 10.2. The fraction of sp³-hybridized carbons (Fsp3) is 0.115. The van der Waals surface area contributed by atoms with Gasteiger partial charge in [0, 0.05) is 12.1 Å². The number of nitrogens with two attached hydrogens (primary N) is 1. The molecule has 0 saturated carbocycles. The summed E-state index contributed by atoms with van der Waals surface area (Å²) in [7, 11) is 0. The lowest BCUT2D eigenvalue weighted by Crippen LogP contribution is -2.28. The van der Waals surface area contributed by atoms with Gasteiger partial charge in [-0.25, -0.2) is 4.99 Å². The molecule has 0 radical (unpaired) electrons. The van der Waals surface area contributed by atoms with Crippen LogP contribution >= 0.6 is 11.8 Å². The van der Waals surface area contributed by atoms with Crippen LogP contribution in [0.1, 0.15) is 5.56 Å². The first-order chi connectivity index (χ1) is 18.0. The summed E-state index contributed by atoms with van der Waals surface area (Å²) in [5.74, 6) is 2.12. The standard InChI is InChI=1S/C26H19N3O7S/c27-24(30)12-32-18-5-1-15(2-6-18)9-23-25(31)29(17-4-8-20-22(11-17)36-14-34-20)26(37-23)28-16-3-7-19-21(10-16)35-13-33-19/h1-11H,12-14H2,(H2,27,30)/b23-9-,28-26?. The number of thioether (sulfide) groups is 1. The van der Waals surface area contributed by atoms with E-state index in [4.69, 9.17) is 34.4 Å². The first kappa shape index (κ1) is 22.8. The van der Waals surface area contributed by atoms with Crippen LogP contribution in [0.25, 0.3) is 6.08 Å². The number of fused-ring (bicyclic) bond motifs is 2. The SMILES string of the molecule is NC(=O)COc1ccc(/C=C2\SC(=Nc3ccc4c(c3)OCO4)N(c3ccc4c(c3)OCO4)C2=O)cc1. The lowest BCUT2D eigenvalue weighted by molar-refractivity contribution is -0.120. The van der Waals surface area contributed by atoms with E-state index in [1.165, 1.54) is 16.7 Å². The van der Waals surface area contributed by atoms with Crippen LogP contribution in [-0.2, 0) is 9.59 Å². The minimum Gasteiger partial charge on any atom is -0.484 e. The van der Waals surface area contributed by atoms with Gasteiger partial charge >= 0.3 is 0 Å². The van der Waals surface area contributed by atoms with E-state index in [2.05, 4.69) is 0 Å². The molecular formula is C26H19N3O7S. The van der Waals surface area contributed by atoms with Gasteiger partial charge in [0.1, 0.15) is 5.75 Å². The highest BCUT2D eigenvalue weighted by molar-refractivity contribution is 8.19. The summed E-state index contributed by atoms with van der Waals surface area (Å²) in [6.07, 6.45) is 1.77. The second-order valence-electron chi connectivity index (χ2n) is 8.04. The van der Waals surface area contributed by atoms with E-state index >= 15 is 0 Å². The molecule has 2 amide bonds. The molecule has 2 N–H and O–H groups in total. The Morgan fingerprint density at radius 1 is 0.946 bits per heavy atom. The molecule has 37 heavy (non-hydrogen) atoms. The maximum absolute atomic E-state index is 13.6. The van der Waals surface area contributed by atoms with Crippen molar-refractivity contribution in [1.29, 1.82) is 0 Å². The van der Waals surface area contributed by atoms with Crippen LogP contribution in [0, 0.1) is 0 Å². The number of anilines is 1. The first-order valence-corrected chi connectivity index (χ1v) is 12.0. The summed E-state index contributed by atoms with van der Waals surface area (Å²) in [6.45, 7) is 0.0774. The second-order valence-corrected chi connectivity index (χ2v) is 9.05. The van der Waals surface area contributed by atoms with Gasteiger partial charge in [0.15, 0.2) is 34.8 Å². The average Bonchev–Trinajstić information content (AvgIpc) is 3.62. The van der Waals surface area contributed by atoms with E-state index < -0.39 is 5.91 Å². The summed E-state index contributed by atoms with van der Waals surface area (Å²) in [6, 6.07) is 17.6. The smallest absolute Gasteiger partial charge is 0.271 e. The second kappa shape index (κ2) is 9.43. The van der Waals surface area contributed by atoms with E-state index in [1.807, 2.05) is 0 Å². The van der Waals surface area contributed by atoms with E-state index in [0.29, 0.717) is 50.2 Å². The number of hydrogen-bond donors (Lipinski definition) is 1. The highest BCUT2D eigenvalue weighted by atomic mass is 32.2. The highest BCUT2D eigenvalue weighted by Crippen LogP contribution is 2.42. The zero-order chi connectivity index (χ0) is 25.4. The van der Waals surface area contributed by atoms with E-state index in [9.17, 15) is 9.59 Å². The van der Waals surface area contributed by atoms with Gasteiger partial charge in [-0.3, -0.25) is 14.5 Å². The van der Waals surface area contributed by atoms with Crippen molar-refractivity contribution in [3.63, 3.8) is 0 Å². The van der Waals surface area contributed by atoms with Gasteiger partial charge in [-0.1, -0.05) is 12.1 Å². The van der Waals surface area contributed by atoms with Gasteiger partial charge < -0.3 is 29.4 Å². The molecule has 1 fully saturated rings. The van der Waals surface area contributed by atoms with Crippen molar-refractivity contribution in [3.05, 3.63) is 71.1 Å². The molecule has 0 aliphatic carbocycles. The van der Waals surface area contributed by atoms with Gasteiger partial charge in [-0.05, 0) is 59.8 Å². The summed E-state index contributed by atoms with van der Waals surface area (Å²) in [5, 5.41) is 0.468. The maximum Gasteiger partial charge on any atom is 0.271 e. The zero-order valence-corrected chi connectivity index (χ0v) is 20.0. The molecule has 3 aliphatic heterocycles. The number of carbonyl (C=O) groups excluding carboxylic acids is 2. The van der Waals surface area contributed by atoms with E-state index in [0.717, 1.165) is 5.56 Å². The number of benzene rings is 3. The summed E-state index contributed by atoms with van der Waals surface area (Å²) >= 11 is 1.25. The van der Waals surface area contributed by atoms with Crippen molar-refractivity contribution in [1.82, 2.24) is 0 Å². The summed E-state index contributed by atoms with van der Waals surface area (Å²) < 4.78 is 27.1. The maximum atomic E-state index is 13.6. The Hall–Kier alpha value is -4.64. The summed E-state index contributed by atoms with van der Waals surface area (Å²) in [4.78, 5) is 31.3. The van der Waals surface area contributed by atoms with Gasteiger partial charge in [0.05, 0.1) is 16.3 Å². The quantitative estimate of drug-likeness (QED) is 0.490. The van der Waals surface area contributed by atoms with Crippen LogP contribution in [0.5, 0.6) is 28.7 Å². The molecule has 0 unspecified atom stereocenters. The predicted octanol–water partition coefficient (Wildman–Crippen LogP) is 3.82. The molecular weight excluding hydrogens is 498 g/mol. The van der Waals surface area contributed by atoms with Crippen molar-refractivity contribution in [2.45, 2.75) is 0 Å². The third-order valence-corrected chi connectivity index (χ3v) is 6.53. The lowest BCUT2D eigenvalue weighted by Gasteiger charge is -2.16. The number of hydrogen-bond acceptors (Lipinski definition) is 9. The Morgan fingerprint density at radius 2 is 1.62 bits per heavy atom. The van der Waals surface area contributed by atoms with Gasteiger partial charge in [-0.15, -0.1) is 0 Å². The number of amidine groups is 1. The fourth-order valence-electron chi connectivity index (χ4n) is 3.83. The van der Waals surface area contributed by atoms with Crippen LogP contribution in [0.2, 0.25) is 0 Å². The molecule has 0 aromatic heterocycles. The third kappa shape index (κ3) is 4.64. The highest BCUT2D eigenvalue weighted by Gasteiger charge is 2.35. The fourth-order valence-corrected chi connectivity index (χ4v) is 4.83. The van der Waals surface area contributed by atoms with Gasteiger partial charge in [0.25, 0.3) is 11.8 Å². The third-order valence-electron chi connectivity index (χ3n) is 5.56. The molecule has 3 heterocycles. The molecule has 3 aliphatic rings. The van der Waals surface area contributed by atoms with E-state index in [1.54, 1.807) is 66.7 Å². The van der Waals surface area contributed by atoms with Crippen molar-refractivity contribution in [2.24, 2.45) is 10.7 Å². The first-order valence-electron chi connectivity index (χ1n) is 11.2. The molecule has 6 rings (SSSR count). The number of primary amides is 1. The van der Waals surface area contributed by atoms with Crippen LogP contribution in [0.15, 0.2) is 70.6 Å². The van der Waals surface area contributed by atoms with Crippen molar-refractivity contribution in [3.8, 4) is 28.7 Å². The molecule has 3 aromatic carbocycles. The minimum atomic E-state index is -0.558. The Bertz CT molecular complexity index is 1470. The normalized spacial score (nSPS) is 17.6. The minimum absolute atomic E-state index is 0.129. The van der Waals surface area contributed by atoms with Crippen molar-refractivity contribution < 1.29 is 33.3 Å². The van der Waals surface area contributed by atoms with Crippen LogP contribution < -0.4 is 34.3 Å². The van der Waals surface area contributed by atoms with Crippen LogP contribution in [0.3, 0.4) is 0 Å².